The quantitative estimate of drug-likeness (QED) is 0.769. The molecule has 3 aliphatic rings. The van der Waals surface area contributed by atoms with Gasteiger partial charge in [0.15, 0.2) is 0 Å². The van der Waals surface area contributed by atoms with E-state index in [1.807, 2.05) is 6.20 Å². The minimum absolute atomic E-state index is 0.483. The first kappa shape index (κ1) is 19.9. The van der Waals surface area contributed by atoms with Gasteiger partial charge < -0.3 is 10.2 Å². The van der Waals surface area contributed by atoms with Crippen molar-refractivity contribution in [1.82, 2.24) is 14.9 Å². The zero-order valence-electron chi connectivity index (χ0n) is 17.8. The normalized spacial score (nSPS) is 26.2. The van der Waals surface area contributed by atoms with Gasteiger partial charge in [-0.25, -0.2) is 4.98 Å². The summed E-state index contributed by atoms with van der Waals surface area (Å²) < 4.78 is 0. The Morgan fingerprint density at radius 2 is 1.75 bits per heavy atom. The molecule has 0 bridgehead atoms. The van der Waals surface area contributed by atoms with Crippen molar-refractivity contribution >= 4 is 11.8 Å². The van der Waals surface area contributed by atoms with Crippen LogP contribution in [0.4, 0.5) is 11.8 Å². The van der Waals surface area contributed by atoms with Crippen LogP contribution in [0.3, 0.4) is 0 Å². The molecule has 1 aromatic heterocycles. The third kappa shape index (κ3) is 4.97. The van der Waals surface area contributed by atoms with Crippen molar-refractivity contribution in [3.63, 3.8) is 0 Å². The molecule has 5 nitrogen and oxygen atoms in total. The summed E-state index contributed by atoms with van der Waals surface area (Å²) in [6.45, 7) is 7.01. The molecule has 2 aliphatic heterocycles. The Bertz CT molecular complexity index is 592. The van der Waals surface area contributed by atoms with Gasteiger partial charge in [-0.1, -0.05) is 39.0 Å². The second kappa shape index (κ2) is 9.91. The standard InChI is InChI=1S/C23H39N5/c1-2-21(19-10-6-5-7-11-19)28-17-13-20(18-28)25-23-24-14-12-22(26-23)27-15-8-3-4-9-16-27/h12,14,19-21H,2-11,13,15-18H2,1H3,(H,24,25,26). The van der Waals surface area contributed by atoms with Crippen molar-refractivity contribution in [2.24, 2.45) is 5.92 Å². The molecule has 156 valence electrons. The number of anilines is 2. The Labute approximate surface area is 171 Å². The molecule has 2 atom stereocenters. The van der Waals surface area contributed by atoms with E-state index < -0.39 is 0 Å². The van der Waals surface area contributed by atoms with Crippen molar-refractivity contribution in [1.29, 1.82) is 0 Å². The topological polar surface area (TPSA) is 44.3 Å². The lowest BCUT2D eigenvalue weighted by Crippen LogP contribution is -2.40. The van der Waals surface area contributed by atoms with Crippen molar-refractivity contribution in [3.8, 4) is 0 Å². The lowest BCUT2D eigenvalue weighted by atomic mass is 9.82. The highest BCUT2D eigenvalue weighted by atomic mass is 15.3. The first-order valence-electron chi connectivity index (χ1n) is 11.9. The van der Waals surface area contributed by atoms with E-state index in [0.717, 1.165) is 43.4 Å². The number of hydrogen-bond donors (Lipinski definition) is 1. The maximum Gasteiger partial charge on any atom is 0.224 e. The summed E-state index contributed by atoms with van der Waals surface area (Å²) in [5.74, 6) is 2.84. The monoisotopic (exact) mass is 385 g/mol. The SMILES string of the molecule is CCC(C1CCCCC1)N1CCC(Nc2nccc(N3CCCCCC3)n2)C1. The average Bonchev–Trinajstić information content (AvgIpc) is 3.01. The van der Waals surface area contributed by atoms with Crippen LogP contribution in [0.15, 0.2) is 12.3 Å². The predicted octanol–water partition coefficient (Wildman–Crippen LogP) is 4.70. The Morgan fingerprint density at radius 3 is 2.50 bits per heavy atom. The molecule has 0 amide bonds. The van der Waals surface area contributed by atoms with Crippen LogP contribution in [-0.2, 0) is 0 Å². The van der Waals surface area contributed by atoms with Gasteiger partial charge in [0.05, 0.1) is 0 Å². The lowest BCUT2D eigenvalue weighted by Gasteiger charge is -2.36. The number of aromatic nitrogens is 2. The first-order chi connectivity index (χ1) is 13.8. The van der Waals surface area contributed by atoms with Gasteiger partial charge in [0.2, 0.25) is 5.95 Å². The van der Waals surface area contributed by atoms with E-state index in [4.69, 9.17) is 4.98 Å². The van der Waals surface area contributed by atoms with Crippen LogP contribution in [0.25, 0.3) is 0 Å². The highest BCUT2D eigenvalue weighted by Gasteiger charge is 2.32. The van der Waals surface area contributed by atoms with Crippen molar-refractivity contribution in [2.45, 2.75) is 89.6 Å². The molecule has 2 unspecified atom stereocenters. The van der Waals surface area contributed by atoms with Crippen molar-refractivity contribution in [3.05, 3.63) is 12.3 Å². The zero-order valence-corrected chi connectivity index (χ0v) is 17.8. The molecular formula is C23H39N5. The van der Waals surface area contributed by atoms with Crippen LogP contribution in [0.2, 0.25) is 0 Å². The molecule has 0 spiro atoms. The summed E-state index contributed by atoms with van der Waals surface area (Å²) in [5, 5.41) is 3.66. The maximum absolute atomic E-state index is 4.87. The van der Waals surface area contributed by atoms with Crippen LogP contribution in [0.1, 0.15) is 77.6 Å². The summed E-state index contributed by atoms with van der Waals surface area (Å²) >= 11 is 0. The van der Waals surface area contributed by atoms with Crippen molar-refractivity contribution in [2.75, 3.05) is 36.4 Å². The van der Waals surface area contributed by atoms with Gasteiger partial charge in [0, 0.05) is 44.5 Å². The fourth-order valence-electron chi connectivity index (χ4n) is 5.69. The van der Waals surface area contributed by atoms with Gasteiger partial charge in [-0.05, 0) is 50.5 Å². The zero-order chi connectivity index (χ0) is 19.2. The molecule has 1 aromatic rings. The molecule has 1 N–H and O–H groups in total. The molecular weight excluding hydrogens is 346 g/mol. The smallest absolute Gasteiger partial charge is 0.224 e. The second-order valence-electron chi connectivity index (χ2n) is 9.14. The van der Waals surface area contributed by atoms with E-state index in [0.29, 0.717) is 6.04 Å². The number of likely N-dealkylation sites (tertiary alicyclic amines) is 1. The number of nitrogens with one attached hydrogen (secondary N) is 1. The van der Waals surface area contributed by atoms with Gasteiger partial charge in [-0.3, -0.25) is 4.90 Å². The Morgan fingerprint density at radius 1 is 1.00 bits per heavy atom. The molecule has 4 rings (SSSR count). The van der Waals surface area contributed by atoms with Crippen LogP contribution in [0.5, 0.6) is 0 Å². The number of rotatable bonds is 6. The van der Waals surface area contributed by atoms with Gasteiger partial charge >= 0.3 is 0 Å². The molecule has 3 heterocycles. The van der Waals surface area contributed by atoms with E-state index >= 15 is 0 Å². The Hall–Kier alpha value is -1.36. The minimum atomic E-state index is 0.483. The molecule has 3 fully saturated rings. The molecule has 1 aliphatic carbocycles. The first-order valence-corrected chi connectivity index (χ1v) is 11.9. The number of hydrogen-bond acceptors (Lipinski definition) is 5. The molecule has 5 heteroatoms. The van der Waals surface area contributed by atoms with E-state index in [-0.39, 0.29) is 0 Å². The van der Waals surface area contributed by atoms with Gasteiger partial charge in [0.25, 0.3) is 0 Å². The molecule has 28 heavy (non-hydrogen) atoms. The summed E-state index contributed by atoms with van der Waals surface area (Å²) in [7, 11) is 0. The molecule has 0 aromatic carbocycles. The highest BCUT2D eigenvalue weighted by molar-refractivity contribution is 5.43. The van der Waals surface area contributed by atoms with Gasteiger partial charge in [-0.15, -0.1) is 0 Å². The highest BCUT2D eigenvalue weighted by Crippen LogP contribution is 2.32. The lowest BCUT2D eigenvalue weighted by molar-refractivity contribution is 0.137. The summed E-state index contributed by atoms with van der Waals surface area (Å²) in [4.78, 5) is 14.6. The second-order valence-corrected chi connectivity index (χ2v) is 9.14. The van der Waals surface area contributed by atoms with E-state index in [1.54, 1.807) is 0 Å². The van der Waals surface area contributed by atoms with E-state index in [1.165, 1.54) is 77.2 Å². The predicted molar refractivity (Wildman–Crippen MR) is 117 cm³/mol. The summed E-state index contributed by atoms with van der Waals surface area (Å²) in [6.07, 6.45) is 16.9. The fourth-order valence-corrected chi connectivity index (χ4v) is 5.69. The third-order valence-corrected chi connectivity index (χ3v) is 7.21. The van der Waals surface area contributed by atoms with E-state index in [2.05, 4.69) is 33.1 Å². The van der Waals surface area contributed by atoms with Gasteiger partial charge in [-0.2, -0.15) is 4.98 Å². The fraction of sp³-hybridized carbons (Fsp3) is 0.826. The van der Waals surface area contributed by atoms with Crippen LogP contribution in [0, 0.1) is 5.92 Å². The largest absolute Gasteiger partial charge is 0.356 e. The minimum Gasteiger partial charge on any atom is -0.356 e. The summed E-state index contributed by atoms with van der Waals surface area (Å²) in [5.41, 5.74) is 0. The molecule has 2 saturated heterocycles. The molecule has 1 saturated carbocycles. The third-order valence-electron chi connectivity index (χ3n) is 7.21. The van der Waals surface area contributed by atoms with E-state index in [9.17, 15) is 0 Å². The maximum atomic E-state index is 4.87. The van der Waals surface area contributed by atoms with Gasteiger partial charge in [0.1, 0.15) is 5.82 Å². The van der Waals surface area contributed by atoms with Crippen LogP contribution in [-0.4, -0.2) is 53.1 Å². The summed E-state index contributed by atoms with van der Waals surface area (Å²) in [6, 6.07) is 3.33. The number of nitrogens with zero attached hydrogens (tertiary/aromatic N) is 4. The Kier molecular flexibility index (Phi) is 7.05. The molecule has 0 radical (unpaired) electrons. The van der Waals surface area contributed by atoms with Crippen LogP contribution < -0.4 is 10.2 Å². The van der Waals surface area contributed by atoms with Crippen molar-refractivity contribution < 1.29 is 0 Å². The Balaban J connectivity index is 1.34. The van der Waals surface area contributed by atoms with Crippen LogP contribution >= 0.6 is 0 Å². The average molecular weight is 386 g/mol.